The Kier molecular flexibility index (Phi) is 7.88. The number of hydrogen-bond donors (Lipinski definition) is 1. The summed E-state index contributed by atoms with van der Waals surface area (Å²) in [5.74, 6) is -0.462. The molecular weight excluding hydrogens is 461 g/mol. The normalized spacial score (nSPS) is 14.8. The molecule has 1 aliphatic carbocycles. The molecule has 1 N–H and O–H groups in total. The van der Waals surface area contributed by atoms with Crippen LogP contribution in [0.25, 0.3) is 11.3 Å². The largest absolute Gasteiger partial charge is 0.481 e. The fraction of sp³-hybridized carbons (Fsp3) is 0.385. The number of unbranched alkanes of at least 4 members (excludes halogenated alkanes) is 1. The Morgan fingerprint density at radius 2 is 1.88 bits per heavy atom. The van der Waals surface area contributed by atoms with Crippen molar-refractivity contribution >= 4 is 40.5 Å². The molecule has 3 nitrogen and oxygen atoms in total. The summed E-state index contributed by atoms with van der Waals surface area (Å²) >= 11 is 14.2. The van der Waals surface area contributed by atoms with E-state index in [0.29, 0.717) is 28.8 Å². The smallest absolute Gasteiger partial charge is 0.306 e. The highest BCUT2D eigenvalue weighted by Crippen LogP contribution is 2.45. The maximum atomic E-state index is 11.7. The second kappa shape index (κ2) is 10.8. The molecule has 1 heterocycles. The van der Waals surface area contributed by atoms with Crippen molar-refractivity contribution in [1.82, 2.24) is 4.98 Å². The molecule has 0 saturated heterocycles. The van der Waals surface area contributed by atoms with Crippen LogP contribution in [0, 0.1) is 5.92 Å². The maximum absolute atomic E-state index is 11.7. The average molecular weight is 488 g/mol. The molecule has 1 unspecified atom stereocenters. The van der Waals surface area contributed by atoms with Gasteiger partial charge >= 0.3 is 5.97 Å². The zero-order valence-corrected chi connectivity index (χ0v) is 20.2. The van der Waals surface area contributed by atoms with Gasteiger partial charge in [-0.15, -0.1) is 11.3 Å². The van der Waals surface area contributed by atoms with Crippen molar-refractivity contribution in [3.05, 3.63) is 74.0 Å². The number of hydrogen-bond acceptors (Lipinski definition) is 3. The van der Waals surface area contributed by atoms with Crippen LogP contribution in [-0.2, 0) is 17.6 Å². The molecule has 4 rings (SSSR count). The molecule has 168 valence electrons. The number of rotatable bonds is 10. The van der Waals surface area contributed by atoms with E-state index in [9.17, 15) is 9.90 Å². The van der Waals surface area contributed by atoms with E-state index < -0.39 is 5.97 Å². The highest BCUT2D eigenvalue weighted by molar-refractivity contribution is 7.12. The van der Waals surface area contributed by atoms with Crippen molar-refractivity contribution < 1.29 is 9.90 Å². The van der Waals surface area contributed by atoms with Crippen LogP contribution in [0.3, 0.4) is 0 Å². The molecule has 1 aromatic heterocycles. The van der Waals surface area contributed by atoms with Gasteiger partial charge in [0.25, 0.3) is 0 Å². The minimum Gasteiger partial charge on any atom is -0.481 e. The molecule has 2 aromatic carbocycles. The highest BCUT2D eigenvalue weighted by atomic mass is 35.5. The van der Waals surface area contributed by atoms with Crippen LogP contribution in [0.1, 0.15) is 59.9 Å². The molecule has 0 bridgehead atoms. The van der Waals surface area contributed by atoms with E-state index in [-0.39, 0.29) is 5.92 Å². The van der Waals surface area contributed by atoms with Crippen LogP contribution in [0.2, 0.25) is 10.0 Å². The molecule has 0 aliphatic heterocycles. The van der Waals surface area contributed by atoms with Crippen molar-refractivity contribution in [2.24, 2.45) is 5.92 Å². The van der Waals surface area contributed by atoms with E-state index in [1.165, 1.54) is 24.1 Å². The van der Waals surface area contributed by atoms with E-state index >= 15 is 0 Å². The monoisotopic (exact) mass is 487 g/mol. The Bertz CT molecular complexity index is 1060. The second-order valence-electron chi connectivity index (χ2n) is 8.55. The average Bonchev–Trinajstić information content (AvgIpc) is 3.15. The number of carbonyl (C=O) groups is 1. The molecule has 0 spiro atoms. The fourth-order valence-corrected chi connectivity index (χ4v) is 5.76. The van der Waals surface area contributed by atoms with Crippen LogP contribution in [-0.4, -0.2) is 16.1 Å². The number of halogens is 2. The Morgan fingerprint density at radius 1 is 1.09 bits per heavy atom. The lowest BCUT2D eigenvalue weighted by molar-refractivity contribution is -0.142. The maximum Gasteiger partial charge on any atom is 0.306 e. The minimum atomic E-state index is -0.711. The first-order valence-electron chi connectivity index (χ1n) is 11.2. The SMILES string of the molecule is O=C(O)C(CCCCc1nc(-c2ccc(Cl)c(Cl)c2)c(C2CCC2)s1)Cc1ccccc1. The number of nitrogens with zero attached hydrogens (tertiary/aromatic N) is 1. The summed E-state index contributed by atoms with van der Waals surface area (Å²) in [6.45, 7) is 0. The molecular formula is C26H27Cl2NO2S. The molecule has 1 aliphatic rings. The molecule has 32 heavy (non-hydrogen) atoms. The zero-order chi connectivity index (χ0) is 22.5. The number of aromatic nitrogens is 1. The van der Waals surface area contributed by atoms with Gasteiger partial charge in [-0.25, -0.2) is 4.98 Å². The highest BCUT2D eigenvalue weighted by Gasteiger charge is 2.26. The summed E-state index contributed by atoms with van der Waals surface area (Å²) in [6.07, 6.45) is 7.68. The van der Waals surface area contributed by atoms with Crippen LogP contribution in [0.5, 0.6) is 0 Å². The molecule has 3 aromatic rings. The van der Waals surface area contributed by atoms with Gasteiger partial charge in [0.2, 0.25) is 0 Å². The predicted molar refractivity (Wildman–Crippen MR) is 133 cm³/mol. The fourth-order valence-electron chi connectivity index (χ4n) is 4.16. The Morgan fingerprint density at radius 3 is 2.53 bits per heavy atom. The van der Waals surface area contributed by atoms with Crippen molar-refractivity contribution in [3.8, 4) is 11.3 Å². The third-order valence-corrected chi connectivity index (χ3v) is 8.25. The van der Waals surface area contributed by atoms with Gasteiger partial charge in [0.1, 0.15) is 0 Å². The number of aliphatic carboxylic acids is 1. The van der Waals surface area contributed by atoms with E-state index in [0.717, 1.165) is 41.1 Å². The third kappa shape index (κ3) is 5.72. The zero-order valence-electron chi connectivity index (χ0n) is 17.9. The summed E-state index contributed by atoms with van der Waals surface area (Å²) in [6, 6.07) is 15.6. The molecule has 0 amide bonds. The summed E-state index contributed by atoms with van der Waals surface area (Å²) in [4.78, 5) is 18.0. The molecule has 6 heteroatoms. The number of carboxylic acid groups (broad SMARTS) is 1. The first-order valence-corrected chi connectivity index (χ1v) is 12.8. The summed E-state index contributed by atoms with van der Waals surface area (Å²) < 4.78 is 0. The van der Waals surface area contributed by atoms with E-state index in [1.807, 2.05) is 59.9 Å². The van der Waals surface area contributed by atoms with E-state index in [2.05, 4.69) is 0 Å². The van der Waals surface area contributed by atoms with Crippen LogP contribution in [0.4, 0.5) is 0 Å². The number of carboxylic acids is 1. The lowest BCUT2D eigenvalue weighted by Gasteiger charge is -2.24. The van der Waals surface area contributed by atoms with Crippen LogP contribution >= 0.6 is 34.5 Å². The van der Waals surface area contributed by atoms with Gasteiger partial charge in [-0.3, -0.25) is 4.79 Å². The summed E-state index contributed by atoms with van der Waals surface area (Å²) in [5.41, 5.74) is 3.15. The van der Waals surface area contributed by atoms with Gasteiger partial charge in [-0.2, -0.15) is 0 Å². The first-order chi connectivity index (χ1) is 15.5. The molecule has 0 radical (unpaired) electrons. The third-order valence-electron chi connectivity index (χ3n) is 6.23. The molecule has 1 saturated carbocycles. The number of aryl methyl sites for hydroxylation is 1. The van der Waals surface area contributed by atoms with Gasteiger partial charge in [0, 0.05) is 10.4 Å². The number of thiazole rings is 1. The van der Waals surface area contributed by atoms with Gasteiger partial charge in [0.05, 0.1) is 26.7 Å². The van der Waals surface area contributed by atoms with Crippen molar-refractivity contribution in [2.45, 2.75) is 57.3 Å². The van der Waals surface area contributed by atoms with E-state index in [4.69, 9.17) is 28.2 Å². The quantitative estimate of drug-likeness (QED) is 0.294. The molecule has 1 fully saturated rings. The first kappa shape index (κ1) is 23.3. The van der Waals surface area contributed by atoms with Crippen molar-refractivity contribution in [1.29, 1.82) is 0 Å². The Balaban J connectivity index is 1.39. The van der Waals surface area contributed by atoms with Gasteiger partial charge < -0.3 is 5.11 Å². The Hall–Kier alpha value is -1.88. The minimum absolute atomic E-state index is 0.342. The van der Waals surface area contributed by atoms with Crippen LogP contribution < -0.4 is 0 Å². The predicted octanol–water partition coefficient (Wildman–Crippen LogP) is 8.04. The second-order valence-corrected chi connectivity index (χ2v) is 10.5. The topological polar surface area (TPSA) is 50.2 Å². The number of benzene rings is 2. The Labute approximate surface area is 203 Å². The van der Waals surface area contributed by atoms with Crippen LogP contribution in [0.15, 0.2) is 48.5 Å². The molecule has 1 atom stereocenters. The lowest BCUT2D eigenvalue weighted by atomic mass is 9.83. The van der Waals surface area contributed by atoms with Gasteiger partial charge in [-0.05, 0) is 62.1 Å². The van der Waals surface area contributed by atoms with E-state index in [1.54, 1.807) is 0 Å². The van der Waals surface area contributed by atoms with Crippen molar-refractivity contribution in [2.75, 3.05) is 0 Å². The summed E-state index contributed by atoms with van der Waals surface area (Å²) in [7, 11) is 0. The van der Waals surface area contributed by atoms with Gasteiger partial charge in [0.15, 0.2) is 0 Å². The standard InChI is InChI=1S/C26H27Cl2NO2S/c27-21-14-13-19(16-22(21)28)24-25(18-10-6-11-18)32-23(29-24)12-5-4-9-20(26(30)31)15-17-7-2-1-3-8-17/h1-3,7-8,13-14,16,18,20H,4-6,9-12,15H2,(H,30,31). The summed E-state index contributed by atoms with van der Waals surface area (Å²) in [5, 5.41) is 11.9. The lowest BCUT2D eigenvalue weighted by Crippen LogP contribution is -2.16. The van der Waals surface area contributed by atoms with Crippen molar-refractivity contribution in [3.63, 3.8) is 0 Å². The van der Waals surface area contributed by atoms with Gasteiger partial charge in [-0.1, -0.05) is 72.4 Å².